The lowest BCUT2D eigenvalue weighted by atomic mass is 9.94. The van der Waals surface area contributed by atoms with Crippen LogP contribution >= 0.6 is 45.2 Å². The summed E-state index contributed by atoms with van der Waals surface area (Å²) in [6.45, 7) is 0.193. The molecule has 1 saturated heterocycles. The fraction of sp³-hybridized carbons (Fsp3) is 0.304. The average Bonchev–Trinajstić information content (AvgIpc) is 3.06. The summed E-state index contributed by atoms with van der Waals surface area (Å²) in [5, 5.41) is 13.7. The minimum Gasteiger partial charge on any atom is -0.487 e. The number of hydrogen-bond acceptors (Lipinski definition) is 5. The summed E-state index contributed by atoms with van der Waals surface area (Å²) in [6, 6.07) is 9.72. The van der Waals surface area contributed by atoms with Gasteiger partial charge in [0, 0.05) is 18.2 Å². The van der Waals surface area contributed by atoms with Crippen LogP contribution < -0.4 is 10.1 Å². The quantitative estimate of drug-likeness (QED) is 0.141. The van der Waals surface area contributed by atoms with Gasteiger partial charge in [0.05, 0.1) is 12.1 Å². The van der Waals surface area contributed by atoms with Crippen molar-refractivity contribution < 1.29 is 19.2 Å². The number of hydrogen-bond donors (Lipinski definition) is 1. The summed E-state index contributed by atoms with van der Waals surface area (Å²) in [6.07, 6.45) is 6.63. The summed E-state index contributed by atoms with van der Waals surface area (Å²) >= 11 is 4.31. The fourth-order valence-electron chi connectivity index (χ4n) is 4.10. The lowest BCUT2D eigenvalue weighted by molar-refractivity contribution is -0.384. The zero-order chi connectivity index (χ0) is 23.5. The smallest absolute Gasteiger partial charge is 0.329 e. The normalized spacial score (nSPS) is 18.0. The van der Waals surface area contributed by atoms with Gasteiger partial charge < -0.3 is 10.1 Å². The van der Waals surface area contributed by atoms with Crippen molar-refractivity contribution in [2.24, 2.45) is 0 Å². The van der Waals surface area contributed by atoms with Gasteiger partial charge in [-0.25, -0.2) is 4.79 Å². The Kier molecular flexibility index (Phi) is 7.51. The molecule has 1 aliphatic carbocycles. The number of nitro groups is 1. The first-order chi connectivity index (χ1) is 15.8. The maximum absolute atomic E-state index is 12.9. The zero-order valence-corrected chi connectivity index (χ0v) is 21.9. The van der Waals surface area contributed by atoms with Crippen molar-refractivity contribution in [3.8, 4) is 5.75 Å². The molecule has 0 spiro atoms. The monoisotopic (exact) mass is 673 g/mol. The van der Waals surface area contributed by atoms with Gasteiger partial charge in [0.2, 0.25) is 0 Å². The molecule has 172 valence electrons. The van der Waals surface area contributed by atoms with Crippen LogP contribution in [0.3, 0.4) is 0 Å². The second kappa shape index (κ2) is 10.4. The van der Waals surface area contributed by atoms with E-state index in [9.17, 15) is 19.7 Å². The molecule has 2 fully saturated rings. The third kappa shape index (κ3) is 5.48. The van der Waals surface area contributed by atoms with E-state index in [1.165, 1.54) is 17.0 Å². The molecule has 1 saturated carbocycles. The Morgan fingerprint density at radius 3 is 2.48 bits per heavy atom. The first-order valence-corrected chi connectivity index (χ1v) is 12.7. The van der Waals surface area contributed by atoms with Crippen LogP contribution in [0.4, 0.5) is 10.5 Å². The van der Waals surface area contributed by atoms with Crippen molar-refractivity contribution in [3.63, 3.8) is 0 Å². The maximum Gasteiger partial charge on any atom is 0.329 e. The number of nitrogens with one attached hydrogen (secondary N) is 1. The molecule has 0 atom stereocenters. The average molecular weight is 673 g/mol. The van der Waals surface area contributed by atoms with Crippen molar-refractivity contribution in [2.45, 2.75) is 44.8 Å². The standard InChI is InChI=1S/C23H21I2N3O5/c24-18-10-15(12-20-22(29)27(23(30)26-20)16-6-2-1-3-7-16)11-19(25)21(18)33-13-14-5-4-8-17(9-14)28(31)32/h4-5,8-12,16H,1-3,6-7,13H2,(H,26,30)/b20-12-. The van der Waals surface area contributed by atoms with E-state index >= 15 is 0 Å². The summed E-state index contributed by atoms with van der Waals surface area (Å²) in [7, 11) is 0. The molecule has 10 heteroatoms. The Hall–Kier alpha value is -2.22. The second-order valence-corrected chi connectivity index (χ2v) is 10.3. The van der Waals surface area contributed by atoms with Gasteiger partial charge in [-0.2, -0.15) is 0 Å². The van der Waals surface area contributed by atoms with Crippen LogP contribution in [0.15, 0.2) is 42.1 Å². The molecule has 1 heterocycles. The number of carbonyl (C=O) groups excluding carboxylic acids is 2. The lowest BCUT2D eigenvalue weighted by Crippen LogP contribution is -2.41. The van der Waals surface area contributed by atoms with Gasteiger partial charge in [0.1, 0.15) is 18.1 Å². The first-order valence-electron chi connectivity index (χ1n) is 10.5. The molecule has 8 nitrogen and oxygen atoms in total. The summed E-state index contributed by atoms with van der Waals surface area (Å²) in [5.74, 6) is 0.387. The van der Waals surface area contributed by atoms with Crippen molar-refractivity contribution in [3.05, 3.63) is 70.5 Å². The summed E-state index contributed by atoms with van der Waals surface area (Å²) < 4.78 is 7.61. The number of carbonyl (C=O) groups is 2. The maximum atomic E-state index is 12.9. The molecule has 0 radical (unpaired) electrons. The van der Waals surface area contributed by atoms with E-state index < -0.39 is 4.92 Å². The Labute approximate surface area is 218 Å². The molecule has 0 aromatic heterocycles. The number of amides is 3. The molecule has 2 aromatic carbocycles. The van der Waals surface area contributed by atoms with Crippen LogP contribution in [0.25, 0.3) is 6.08 Å². The molecular weight excluding hydrogens is 652 g/mol. The number of imide groups is 1. The molecule has 2 aromatic rings. The van der Waals surface area contributed by atoms with E-state index in [4.69, 9.17) is 4.74 Å². The van der Waals surface area contributed by atoms with Crippen LogP contribution in [-0.4, -0.2) is 27.8 Å². The largest absolute Gasteiger partial charge is 0.487 e. The molecule has 0 bridgehead atoms. The topological polar surface area (TPSA) is 102 Å². The molecular formula is C23H21I2N3O5. The number of urea groups is 1. The number of nitrogens with zero attached hydrogens (tertiary/aromatic N) is 2. The Morgan fingerprint density at radius 2 is 1.82 bits per heavy atom. The summed E-state index contributed by atoms with van der Waals surface area (Å²) in [4.78, 5) is 37.2. The van der Waals surface area contributed by atoms with E-state index in [-0.39, 0.29) is 36.0 Å². The van der Waals surface area contributed by atoms with Gasteiger partial charge in [-0.05, 0) is 87.4 Å². The number of ether oxygens (including phenoxy) is 1. The van der Waals surface area contributed by atoms with Gasteiger partial charge in [-0.3, -0.25) is 19.8 Å². The highest BCUT2D eigenvalue weighted by atomic mass is 127. The number of non-ortho nitro benzene ring substituents is 1. The summed E-state index contributed by atoms with van der Waals surface area (Å²) in [5.41, 5.74) is 1.78. The van der Waals surface area contributed by atoms with E-state index in [1.807, 2.05) is 12.1 Å². The second-order valence-electron chi connectivity index (χ2n) is 7.98. The highest BCUT2D eigenvalue weighted by molar-refractivity contribution is 14.1. The highest BCUT2D eigenvalue weighted by Gasteiger charge is 2.38. The zero-order valence-electron chi connectivity index (χ0n) is 17.6. The van der Waals surface area contributed by atoms with E-state index in [0.29, 0.717) is 11.3 Å². The van der Waals surface area contributed by atoms with Crippen LogP contribution in [0.1, 0.15) is 43.2 Å². The van der Waals surface area contributed by atoms with Crippen molar-refractivity contribution in [2.75, 3.05) is 0 Å². The molecule has 33 heavy (non-hydrogen) atoms. The molecule has 1 aliphatic heterocycles. The van der Waals surface area contributed by atoms with Gasteiger partial charge in [-0.1, -0.05) is 31.4 Å². The van der Waals surface area contributed by atoms with Gasteiger partial charge in [0.15, 0.2) is 0 Å². The molecule has 4 rings (SSSR count). The number of benzene rings is 2. The Morgan fingerprint density at radius 1 is 1.12 bits per heavy atom. The predicted molar refractivity (Wildman–Crippen MR) is 140 cm³/mol. The minimum atomic E-state index is -0.433. The Balaban J connectivity index is 1.49. The first kappa shape index (κ1) is 23.9. The number of halogens is 2. The highest BCUT2D eigenvalue weighted by Crippen LogP contribution is 2.32. The number of rotatable bonds is 6. The van der Waals surface area contributed by atoms with Crippen molar-refractivity contribution in [1.29, 1.82) is 0 Å². The van der Waals surface area contributed by atoms with Gasteiger partial charge in [-0.15, -0.1) is 0 Å². The van der Waals surface area contributed by atoms with Crippen LogP contribution in [-0.2, 0) is 11.4 Å². The Bertz CT molecular complexity index is 1120. The van der Waals surface area contributed by atoms with E-state index in [1.54, 1.807) is 18.2 Å². The van der Waals surface area contributed by atoms with Crippen molar-refractivity contribution in [1.82, 2.24) is 10.2 Å². The number of nitro benzene ring substituents is 1. The predicted octanol–water partition coefficient (Wildman–Crippen LogP) is 5.61. The van der Waals surface area contributed by atoms with Gasteiger partial charge in [0.25, 0.3) is 11.6 Å². The van der Waals surface area contributed by atoms with Gasteiger partial charge >= 0.3 is 6.03 Å². The van der Waals surface area contributed by atoms with Crippen LogP contribution in [0.5, 0.6) is 5.75 Å². The SMILES string of the molecule is O=C1N/C(=C\c2cc(I)c(OCc3cccc([N+](=O)[O-])c3)c(I)c2)C(=O)N1C1CCCCC1. The third-order valence-corrected chi connectivity index (χ3v) is 7.29. The molecule has 0 unspecified atom stereocenters. The van der Waals surface area contributed by atoms with Crippen LogP contribution in [0.2, 0.25) is 0 Å². The minimum absolute atomic E-state index is 0.0213. The van der Waals surface area contributed by atoms with E-state index in [2.05, 4.69) is 50.5 Å². The molecule has 1 N–H and O–H groups in total. The fourth-order valence-corrected chi connectivity index (χ4v) is 6.23. The van der Waals surface area contributed by atoms with E-state index in [0.717, 1.165) is 44.8 Å². The molecule has 3 amide bonds. The molecule has 2 aliphatic rings. The third-order valence-electron chi connectivity index (χ3n) is 5.69. The van der Waals surface area contributed by atoms with Crippen LogP contribution in [0, 0.1) is 17.3 Å². The lowest BCUT2D eigenvalue weighted by Gasteiger charge is -2.28. The van der Waals surface area contributed by atoms with Crippen molar-refractivity contribution >= 4 is 68.9 Å².